The third kappa shape index (κ3) is 6.29. The van der Waals surface area contributed by atoms with Gasteiger partial charge in [0.15, 0.2) is 6.61 Å². The van der Waals surface area contributed by atoms with Crippen LogP contribution < -0.4 is 14.9 Å². The maximum Gasteiger partial charge on any atom is 0.277 e. The highest BCUT2D eigenvalue weighted by molar-refractivity contribution is 5.83. The minimum atomic E-state index is -0.326. The van der Waals surface area contributed by atoms with Gasteiger partial charge in [0.05, 0.1) is 6.21 Å². The van der Waals surface area contributed by atoms with Crippen LogP contribution in [0.5, 0.6) is 11.5 Å². The van der Waals surface area contributed by atoms with E-state index in [9.17, 15) is 4.79 Å². The molecule has 0 unspecified atom stereocenters. The smallest absolute Gasteiger partial charge is 0.277 e. The highest BCUT2D eigenvalue weighted by atomic mass is 16.5. The minimum absolute atomic E-state index is 0.0966. The summed E-state index contributed by atoms with van der Waals surface area (Å²) in [5.74, 6) is 1.06. The second kappa shape index (κ2) is 9.92. The van der Waals surface area contributed by atoms with Gasteiger partial charge in [-0.05, 0) is 42.3 Å². The molecule has 5 nitrogen and oxygen atoms in total. The third-order valence-corrected chi connectivity index (χ3v) is 3.90. The molecule has 0 spiro atoms. The van der Waals surface area contributed by atoms with Gasteiger partial charge in [0.25, 0.3) is 5.91 Å². The fourth-order valence-corrected chi connectivity index (χ4v) is 2.42. The van der Waals surface area contributed by atoms with Crippen molar-refractivity contribution in [3.8, 4) is 11.5 Å². The van der Waals surface area contributed by atoms with E-state index in [2.05, 4.69) is 10.5 Å². The number of hydrazone groups is 1. The van der Waals surface area contributed by atoms with Gasteiger partial charge in [-0.25, -0.2) is 5.43 Å². The van der Waals surface area contributed by atoms with Crippen molar-refractivity contribution in [3.63, 3.8) is 0 Å². The lowest BCUT2D eigenvalue weighted by molar-refractivity contribution is -0.123. The largest absolute Gasteiger partial charge is 0.489 e. The Labute approximate surface area is 164 Å². The highest BCUT2D eigenvalue weighted by Gasteiger charge is 2.01. The minimum Gasteiger partial charge on any atom is -0.489 e. The average molecular weight is 374 g/mol. The Morgan fingerprint density at radius 2 is 1.71 bits per heavy atom. The van der Waals surface area contributed by atoms with Gasteiger partial charge in [0.1, 0.15) is 18.1 Å². The zero-order valence-electron chi connectivity index (χ0n) is 15.7. The van der Waals surface area contributed by atoms with Gasteiger partial charge in [0.2, 0.25) is 0 Å². The Bertz CT molecular complexity index is 922. The first-order valence-corrected chi connectivity index (χ1v) is 8.97. The van der Waals surface area contributed by atoms with E-state index in [4.69, 9.17) is 9.47 Å². The molecule has 0 aliphatic heterocycles. The fourth-order valence-electron chi connectivity index (χ4n) is 2.42. The number of benzene rings is 3. The monoisotopic (exact) mass is 374 g/mol. The molecular weight excluding hydrogens is 352 g/mol. The fraction of sp³-hybridized carbons (Fsp3) is 0.130. The third-order valence-electron chi connectivity index (χ3n) is 3.90. The Hall–Kier alpha value is -3.60. The van der Waals surface area contributed by atoms with Gasteiger partial charge < -0.3 is 9.47 Å². The Balaban J connectivity index is 1.45. The molecule has 0 aromatic heterocycles. The maximum atomic E-state index is 11.8. The molecule has 3 aromatic carbocycles. The molecule has 1 amide bonds. The van der Waals surface area contributed by atoms with Gasteiger partial charge in [0, 0.05) is 0 Å². The van der Waals surface area contributed by atoms with E-state index in [1.54, 1.807) is 6.21 Å². The van der Waals surface area contributed by atoms with Gasteiger partial charge >= 0.3 is 0 Å². The summed E-state index contributed by atoms with van der Waals surface area (Å²) in [4.78, 5) is 11.8. The predicted octanol–water partition coefficient (Wildman–Crippen LogP) is 4.10. The quantitative estimate of drug-likeness (QED) is 0.477. The summed E-state index contributed by atoms with van der Waals surface area (Å²) in [6.07, 6.45) is 1.57. The van der Waals surface area contributed by atoms with E-state index < -0.39 is 0 Å². The molecule has 28 heavy (non-hydrogen) atoms. The molecule has 3 rings (SSSR count). The van der Waals surface area contributed by atoms with Crippen LogP contribution in [0.3, 0.4) is 0 Å². The Morgan fingerprint density at radius 3 is 2.50 bits per heavy atom. The van der Waals surface area contributed by atoms with Crippen molar-refractivity contribution in [2.24, 2.45) is 5.10 Å². The number of hydrogen-bond donors (Lipinski definition) is 1. The van der Waals surface area contributed by atoms with Crippen LogP contribution in [0, 0.1) is 6.92 Å². The van der Waals surface area contributed by atoms with Crippen LogP contribution in [0.2, 0.25) is 0 Å². The lowest BCUT2D eigenvalue weighted by Gasteiger charge is -2.07. The highest BCUT2D eigenvalue weighted by Crippen LogP contribution is 2.14. The maximum absolute atomic E-state index is 11.8. The van der Waals surface area contributed by atoms with Gasteiger partial charge in [-0.2, -0.15) is 5.10 Å². The molecule has 142 valence electrons. The van der Waals surface area contributed by atoms with E-state index in [1.165, 1.54) is 0 Å². The van der Waals surface area contributed by atoms with Crippen molar-refractivity contribution in [2.45, 2.75) is 13.5 Å². The van der Waals surface area contributed by atoms with Crippen molar-refractivity contribution in [1.29, 1.82) is 0 Å². The van der Waals surface area contributed by atoms with Crippen LogP contribution in [-0.2, 0) is 11.4 Å². The molecule has 0 atom stereocenters. The van der Waals surface area contributed by atoms with E-state index in [0.29, 0.717) is 12.4 Å². The number of rotatable bonds is 8. The summed E-state index contributed by atoms with van der Waals surface area (Å²) in [6.45, 7) is 2.39. The number of hydrogen-bond acceptors (Lipinski definition) is 4. The van der Waals surface area contributed by atoms with Gasteiger partial charge in [-0.3, -0.25) is 4.79 Å². The van der Waals surface area contributed by atoms with Crippen LogP contribution >= 0.6 is 0 Å². The second-order valence-corrected chi connectivity index (χ2v) is 6.24. The van der Waals surface area contributed by atoms with Crippen LogP contribution in [-0.4, -0.2) is 18.7 Å². The van der Waals surface area contributed by atoms with Crippen molar-refractivity contribution in [1.82, 2.24) is 5.43 Å². The van der Waals surface area contributed by atoms with Gasteiger partial charge in [-0.1, -0.05) is 60.2 Å². The van der Waals surface area contributed by atoms with Crippen molar-refractivity contribution < 1.29 is 14.3 Å². The van der Waals surface area contributed by atoms with Crippen LogP contribution in [0.15, 0.2) is 84.0 Å². The molecular formula is C23H22N2O3. The van der Waals surface area contributed by atoms with E-state index in [-0.39, 0.29) is 12.5 Å². The first kappa shape index (κ1) is 19.2. The Morgan fingerprint density at radius 1 is 0.929 bits per heavy atom. The molecule has 0 saturated carbocycles. The summed E-state index contributed by atoms with van der Waals surface area (Å²) >= 11 is 0. The molecule has 0 aliphatic rings. The summed E-state index contributed by atoms with van der Waals surface area (Å²) in [6, 6.07) is 25.0. The number of ether oxygens (including phenoxy) is 2. The molecule has 0 aliphatic carbocycles. The number of nitrogens with one attached hydrogen (secondary N) is 1. The normalized spacial score (nSPS) is 10.6. The van der Waals surface area contributed by atoms with Gasteiger partial charge in [-0.15, -0.1) is 0 Å². The molecule has 0 heterocycles. The Kier molecular flexibility index (Phi) is 6.79. The number of aryl methyl sites for hydroxylation is 1. The van der Waals surface area contributed by atoms with Crippen LogP contribution in [0.4, 0.5) is 0 Å². The van der Waals surface area contributed by atoms with Crippen LogP contribution in [0.1, 0.15) is 16.7 Å². The molecule has 0 bridgehead atoms. The van der Waals surface area contributed by atoms with Crippen molar-refractivity contribution in [3.05, 3.63) is 95.6 Å². The zero-order valence-corrected chi connectivity index (χ0v) is 15.7. The molecule has 0 radical (unpaired) electrons. The molecule has 0 fully saturated rings. The summed E-state index contributed by atoms with van der Waals surface area (Å²) < 4.78 is 11.2. The molecule has 5 heteroatoms. The van der Waals surface area contributed by atoms with E-state index in [0.717, 1.165) is 22.4 Å². The summed E-state index contributed by atoms with van der Waals surface area (Å²) in [5, 5.41) is 3.97. The first-order chi connectivity index (χ1) is 13.7. The lowest BCUT2D eigenvalue weighted by atomic mass is 10.2. The number of carbonyl (C=O) groups excluding carboxylic acids is 1. The SMILES string of the molecule is Cc1ccc(OCC(=O)N/N=C\c2cccc(OCc3ccccc3)c2)cc1. The zero-order chi connectivity index (χ0) is 19.6. The van der Waals surface area contributed by atoms with E-state index >= 15 is 0 Å². The van der Waals surface area contributed by atoms with Crippen LogP contribution in [0.25, 0.3) is 0 Å². The standard InChI is InChI=1S/C23H22N2O3/c1-18-10-12-21(13-11-18)28-17-23(26)25-24-15-20-8-5-9-22(14-20)27-16-19-6-3-2-4-7-19/h2-15H,16-17H2,1H3,(H,25,26)/b24-15-. The average Bonchev–Trinajstić information content (AvgIpc) is 2.73. The summed E-state index contributed by atoms with van der Waals surface area (Å²) in [7, 11) is 0. The van der Waals surface area contributed by atoms with Crippen molar-refractivity contribution in [2.75, 3.05) is 6.61 Å². The number of amides is 1. The lowest BCUT2D eigenvalue weighted by Crippen LogP contribution is -2.24. The second-order valence-electron chi connectivity index (χ2n) is 6.24. The molecule has 3 aromatic rings. The summed E-state index contributed by atoms with van der Waals surface area (Å²) in [5.41, 5.74) is 5.51. The molecule has 1 N–H and O–H groups in total. The van der Waals surface area contributed by atoms with Crippen molar-refractivity contribution >= 4 is 12.1 Å². The number of carbonyl (C=O) groups is 1. The van der Waals surface area contributed by atoms with E-state index in [1.807, 2.05) is 85.8 Å². The number of nitrogens with zero attached hydrogens (tertiary/aromatic N) is 1. The predicted molar refractivity (Wildman–Crippen MR) is 110 cm³/mol. The first-order valence-electron chi connectivity index (χ1n) is 8.97. The topological polar surface area (TPSA) is 59.9 Å². The molecule has 0 saturated heterocycles.